The summed E-state index contributed by atoms with van der Waals surface area (Å²) in [5, 5.41) is 11.7. The smallest absolute Gasteiger partial charge is 0.338 e. The van der Waals surface area contributed by atoms with E-state index in [0.29, 0.717) is 0 Å². The summed E-state index contributed by atoms with van der Waals surface area (Å²) in [7, 11) is 0. The number of carboxylic acid groups (broad SMARTS) is 1. The number of amides is 1. The highest BCUT2D eigenvalue weighted by Gasteiger charge is 2.17. The van der Waals surface area contributed by atoms with E-state index in [0.717, 1.165) is 11.1 Å². The van der Waals surface area contributed by atoms with Crippen LogP contribution in [0.5, 0.6) is 0 Å². The summed E-state index contributed by atoms with van der Waals surface area (Å²) < 4.78 is 0. The molecule has 0 fully saturated rings. The van der Waals surface area contributed by atoms with Crippen molar-refractivity contribution in [2.45, 2.75) is 13.5 Å². The maximum absolute atomic E-state index is 12.0. The second-order valence-electron chi connectivity index (χ2n) is 4.19. The molecule has 6 heteroatoms. The zero-order valence-electron chi connectivity index (χ0n) is 10.8. The third kappa shape index (κ3) is 2.97. The molecule has 0 spiro atoms. The molecule has 0 aliphatic rings. The molecule has 0 bridgehead atoms. The van der Waals surface area contributed by atoms with Gasteiger partial charge in [0.15, 0.2) is 0 Å². The molecule has 0 aliphatic heterocycles. The van der Waals surface area contributed by atoms with Crippen LogP contribution in [0.4, 0.5) is 0 Å². The van der Waals surface area contributed by atoms with E-state index < -0.39 is 11.9 Å². The number of rotatable bonds is 4. The van der Waals surface area contributed by atoms with Crippen molar-refractivity contribution in [3.05, 3.63) is 59.2 Å². The fourth-order valence-electron chi connectivity index (χ4n) is 1.70. The first-order valence-electron chi connectivity index (χ1n) is 5.95. The molecular weight excluding hydrogens is 258 g/mol. The molecule has 1 amide bonds. The average molecular weight is 271 g/mol. The van der Waals surface area contributed by atoms with Crippen molar-refractivity contribution >= 4 is 11.9 Å². The summed E-state index contributed by atoms with van der Waals surface area (Å²) in [6, 6.07) is 4.66. The lowest BCUT2D eigenvalue weighted by atomic mass is 10.1. The predicted molar refractivity (Wildman–Crippen MR) is 71.3 cm³/mol. The SMILES string of the molecule is Cc1ccncc1CNC(=O)c1ncccc1C(=O)O. The summed E-state index contributed by atoms with van der Waals surface area (Å²) in [6.07, 6.45) is 4.71. The second-order valence-corrected chi connectivity index (χ2v) is 4.19. The number of aromatic nitrogens is 2. The van der Waals surface area contributed by atoms with Crippen LogP contribution in [-0.4, -0.2) is 27.0 Å². The molecule has 0 aliphatic carbocycles. The van der Waals surface area contributed by atoms with Gasteiger partial charge < -0.3 is 10.4 Å². The van der Waals surface area contributed by atoms with E-state index in [9.17, 15) is 9.59 Å². The third-order valence-electron chi connectivity index (χ3n) is 2.84. The first kappa shape index (κ1) is 13.7. The van der Waals surface area contributed by atoms with Crippen LogP contribution in [0, 0.1) is 6.92 Å². The molecule has 2 heterocycles. The molecular formula is C14H13N3O3. The van der Waals surface area contributed by atoms with Gasteiger partial charge >= 0.3 is 5.97 Å². The lowest BCUT2D eigenvalue weighted by Crippen LogP contribution is -2.26. The van der Waals surface area contributed by atoms with Crippen molar-refractivity contribution in [2.24, 2.45) is 0 Å². The van der Waals surface area contributed by atoms with Gasteiger partial charge in [-0.2, -0.15) is 0 Å². The third-order valence-corrected chi connectivity index (χ3v) is 2.84. The standard InChI is InChI=1S/C14H13N3O3/c1-9-4-6-15-7-10(9)8-17-13(18)12-11(14(19)20)3-2-5-16-12/h2-7H,8H2,1H3,(H,17,18)(H,19,20). The monoisotopic (exact) mass is 271 g/mol. The molecule has 102 valence electrons. The number of carbonyl (C=O) groups excluding carboxylic acids is 1. The van der Waals surface area contributed by atoms with Gasteiger partial charge in [-0.3, -0.25) is 14.8 Å². The molecule has 2 aromatic rings. The van der Waals surface area contributed by atoms with Gasteiger partial charge in [0, 0.05) is 25.1 Å². The molecule has 0 saturated carbocycles. The first-order valence-corrected chi connectivity index (χ1v) is 5.95. The van der Waals surface area contributed by atoms with Gasteiger partial charge in [-0.15, -0.1) is 0 Å². The van der Waals surface area contributed by atoms with Crippen molar-refractivity contribution in [1.82, 2.24) is 15.3 Å². The van der Waals surface area contributed by atoms with E-state index in [4.69, 9.17) is 5.11 Å². The van der Waals surface area contributed by atoms with Crippen LogP contribution in [0.2, 0.25) is 0 Å². The Bertz CT molecular complexity index is 656. The van der Waals surface area contributed by atoms with E-state index >= 15 is 0 Å². The largest absolute Gasteiger partial charge is 0.478 e. The minimum Gasteiger partial charge on any atom is -0.478 e. The molecule has 0 aromatic carbocycles. The number of pyridine rings is 2. The Balaban J connectivity index is 2.14. The van der Waals surface area contributed by atoms with E-state index in [2.05, 4.69) is 15.3 Å². The van der Waals surface area contributed by atoms with Crippen LogP contribution in [-0.2, 0) is 6.54 Å². The minimum absolute atomic E-state index is 0.0958. The van der Waals surface area contributed by atoms with Crippen LogP contribution in [0.25, 0.3) is 0 Å². The number of carboxylic acids is 1. The Hall–Kier alpha value is -2.76. The number of hydrogen-bond donors (Lipinski definition) is 2. The Kier molecular flexibility index (Phi) is 4.05. The van der Waals surface area contributed by atoms with Crippen LogP contribution in [0.1, 0.15) is 32.0 Å². The van der Waals surface area contributed by atoms with Crippen LogP contribution in [0.15, 0.2) is 36.8 Å². The zero-order chi connectivity index (χ0) is 14.5. The normalized spacial score (nSPS) is 10.1. The van der Waals surface area contributed by atoms with Gasteiger partial charge in [0.2, 0.25) is 0 Å². The van der Waals surface area contributed by atoms with E-state index in [1.54, 1.807) is 12.4 Å². The van der Waals surface area contributed by atoms with Crippen LogP contribution < -0.4 is 5.32 Å². The molecule has 2 rings (SSSR count). The highest BCUT2D eigenvalue weighted by atomic mass is 16.4. The number of nitrogens with zero attached hydrogens (tertiary/aromatic N) is 2. The summed E-state index contributed by atoms with van der Waals surface area (Å²) >= 11 is 0. The summed E-state index contributed by atoms with van der Waals surface area (Å²) in [5.74, 6) is -1.70. The number of carbonyl (C=O) groups is 2. The average Bonchev–Trinajstić information content (AvgIpc) is 2.46. The predicted octanol–water partition coefficient (Wildman–Crippen LogP) is 1.41. The highest BCUT2D eigenvalue weighted by molar-refractivity contribution is 6.03. The lowest BCUT2D eigenvalue weighted by molar-refractivity contribution is 0.0690. The molecule has 2 N–H and O–H groups in total. The van der Waals surface area contributed by atoms with Gasteiger partial charge in [-0.25, -0.2) is 4.79 Å². The number of hydrogen-bond acceptors (Lipinski definition) is 4. The molecule has 0 saturated heterocycles. The molecule has 2 aromatic heterocycles. The van der Waals surface area contributed by atoms with E-state index in [1.165, 1.54) is 18.3 Å². The summed E-state index contributed by atoms with van der Waals surface area (Å²) in [5.41, 5.74) is 1.66. The molecule has 0 atom stereocenters. The van der Waals surface area contributed by atoms with Crippen LogP contribution in [0.3, 0.4) is 0 Å². The second kappa shape index (κ2) is 5.92. The van der Waals surface area contributed by atoms with Crippen molar-refractivity contribution in [3.63, 3.8) is 0 Å². The molecule has 20 heavy (non-hydrogen) atoms. The first-order chi connectivity index (χ1) is 9.59. The zero-order valence-corrected chi connectivity index (χ0v) is 10.8. The van der Waals surface area contributed by atoms with Gasteiger partial charge in [-0.05, 0) is 36.2 Å². The number of nitrogens with one attached hydrogen (secondary N) is 1. The van der Waals surface area contributed by atoms with Crippen molar-refractivity contribution in [3.8, 4) is 0 Å². The van der Waals surface area contributed by atoms with Gasteiger partial charge in [0.05, 0.1) is 5.56 Å². The Labute approximate surface area is 115 Å². The highest BCUT2D eigenvalue weighted by Crippen LogP contribution is 2.07. The number of aromatic carboxylic acids is 1. The molecule has 0 unspecified atom stereocenters. The maximum atomic E-state index is 12.0. The minimum atomic E-state index is -1.18. The number of aryl methyl sites for hydroxylation is 1. The lowest BCUT2D eigenvalue weighted by Gasteiger charge is -2.08. The van der Waals surface area contributed by atoms with Crippen LogP contribution >= 0.6 is 0 Å². The van der Waals surface area contributed by atoms with E-state index in [1.807, 2.05) is 13.0 Å². The van der Waals surface area contributed by atoms with Gasteiger partial charge in [0.25, 0.3) is 5.91 Å². The topological polar surface area (TPSA) is 92.2 Å². The summed E-state index contributed by atoms with van der Waals surface area (Å²) in [6.45, 7) is 2.18. The Morgan fingerprint density at radius 1 is 1.30 bits per heavy atom. The van der Waals surface area contributed by atoms with E-state index in [-0.39, 0.29) is 17.8 Å². The Morgan fingerprint density at radius 3 is 2.80 bits per heavy atom. The summed E-state index contributed by atoms with van der Waals surface area (Å²) in [4.78, 5) is 30.8. The fraction of sp³-hybridized carbons (Fsp3) is 0.143. The molecule has 6 nitrogen and oxygen atoms in total. The Morgan fingerprint density at radius 2 is 2.10 bits per heavy atom. The maximum Gasteiger partial charge on any atom is 0.338 e. The quantitative estimate of drug-likeness (QED) is 0.877. The van der Waals surface area contributed by atoms with Crippen molar-refractivity contribution in [2.75, 3.05) is 0 Å². The molecule has 0 radical (unpaired) electrons. The van der Waals surface area contributed by atoms with Crippen molar-refractivity contribution < 1.29 is 14.7 Å². The van der Waals surface area contributed by atoms with Gasteiger partial charge in [0.1, 0.15) is 5.69 Å². The van der Waals surface area contributed by atoms with Crippen molar-refractivity contribution in [1.29, 1.82) is 0 Å². The fourth-order valence-corrected chi connectivity index (χ4v) is 1.70. The van der Waals surface area contributed by atoms with Gasteiger partial charge in [-0.1, -0.05) is 0 Å².